The molecule has 2 N–H and O–H groups in total. The highest BCUT2D eigenvalue weighted by Crippen LogP contribution is 2.28. The maximum atomic E-state index is 11.5. The summed E-state index contributed by atoms with van der Waals surface area (Å²) >= 11 is 0. The van der Waals surface area contributed by atoms with E-state index in [9.17, 15) is 4.79 Å². The Balaban J connectivity index is 3.11. The summed E-state index contributed by atoms with van der Waals surface area (Å²) in [5.41, 5.74) is 7.47. The van der Waals surface area contributed by atoms with Crippen LogP contribution in [0.2, 0.25) is 0 Å². The second-order valence-electron chi connectivity index (χ2n) is 4.41. The van der Waals surface area contributed by atoms with Crippen molar-refractivity contribution in [1.82, 2.24) is 4.98 Å². The third-order valence-electron chi connectivity index (χ3n) is 2.95. The number of rotatable bonds is 3. The van der Waals surface area contributed by atoms with Gasteiger partial charge in [-0.25, -0.2) is 0 Å². The van der Waals surface area contributed by atoms with Gasteiger partial charge < -0.3 is 10.5 Å². The van der Waals surface area contributed by atoms with E-state index < -0.39 is 17.4 Å². The molecule has 0 spiro atoms. The molecule has 1 rings (SSSR count). The van der Waals surface area contributed by atoms with E-state index in [1.54, 1.807) is 12.4 Å². The Morgan fingerprint density at radius 2 is 2.19 bits per heavy atom. The van der Waals surface area contributed by atoms with E-state index in [-0.39, 0.29) is 0 Å². The van der Waals surface area contributed by atoms with E-state index in [0.717, 1.165) is 11.1 Å². The van der Waals surface area contributed by atoms with Crippen molar-refractivity contribution in [2.75, 3.05) is 7.11 Å². The standard InChI is InChI=1S/C12H18N2O2/c1-8-7-14-6-5-9(8)12(2,3)10(13)11(15)16-4/h5-7,10H,13H2,1-4H3. The highest BCUT2D eigenvalue weighted by molar-refractivity contribution is 5.77. The van der Waals surface area contributed by atoms with Crippen LogP contribution in [0.4, 0.5) is 0 Å². The van der Waals surface area contributed by atoms with Crippen molar-refractivity contribution in [2.45, 2.75) is 32.2 Å². The van der Waals surface area contributed by atoms with Crippen molar-refractivity contribution in [3.8, 4) is 0 Å². The van der Waals surface area contributed by atoms with E-state index in [1.807, 2.05) is 26.8 Å². The summed E-state index contributed by atoms with van der Waals surface area (Å²) in [5, 5.41) is 0. The van der Waals surface area contributed by atoms with Crippen LogP contribution < -0.4 is 5.73 Å². The normalized spacial score (nSPS) is 13.3. The van der Waals surface area contributed by atoms with Gasteiger partial charge in [0.25, 0.3) is 0 Å². The van der Waals surface area contributed by atoms with Crippen LogP contribution in [-0.2, 0) is 14.9 Å². The topological polar surface area (TPSA) is 65.2 Å². The molecular formula is C12H18N2O2. The molecule has 0 saturated carbocycles. The fourth-order valence-electron chi connectivity index (χ4n) is 1.79. The molecule has 1 unspecified atom stereocenters. The van der Waals surface area contributed by atoms with E-state index >= 15 is 0 Å². The van der Waals surface area contributed by atoms with Crippen molar-refractivity contribution in [1.29, 1.82) is 0 Å². The van der Waals surface area contributed by atoms with Crippen LogP contribution in [0.25, 0.3) is 0 Å². The highest BCUT2D eigenvalue weighted by Gasteiger charge is 2.35. The van der Waals surface area contributed by atoms with Crippen molar-refractivity contribution < 1.29 is 9.53 Å². The fraction of sp³-hybridized carbons (Fsp3) is 0.500. The first-order chi connectivity index (χ1) is 7.41. The number of pyridine rings is 1. The van der Waals surface area contributed by atoms with Gasteiger partial charge in [-0.15, -0.1) is 0 Å². The largest absolute Gasteiger partial charge is 0.468 e. The monoisotopic (exact) mass is 222 g/mol. The quantitative estimate of drug-likeness (QED) is 0.780. The van der Waals surface area contributed by atoms with Gasteiger partial charge in [-0.2, -0.15) is 0 Å². The molecule has 0 radical (unpaired) electrons. The summed E-state index contributed by atoms with van der Waals surface area (Å²) in [7, 11) is 1.34. The predicted molar refractivity (Wildman–Crippen MR) is 62.0 cm³/mol. The molecule has 0 amide bonds. The molecule has 4 nitrogen and oxygen atoms in total. The summed E-state index contributed by atoms with van der Waals surface area (Å²) in [4.78, 5) is 15.5. The maximum Gasteiger partial charge on any atom is 0.323 e. The van der Waals surface area contributed by atoms with Gasteiger partial charge >= 0.3 is 5.97 Å². The molecule has 0 aliphatic carbocycles. The smallest absolute Gasteiger partial charge is 0.323 e. The number of methoxy groups -OCH3 is 1. The van der Waals surface area contributed by atoms with Gasteiger partial charge in [-0.1, -0.05) is 13.8 Å². The number of nitrogens with zero attached hydrogens (tertiary/aromatic N) is 1. The fourth-order valence-corrected chi connectivity index (χ4v) is 1.79. The van der Waals surface area contributed by atoms with Crippen LogP contribution in [0.3, 0.4) is 0 Å². The Labute approximate surface area is 95.8 Å². The van der Waals surface area contributed by atoms with Crippen LogP contribution in [-0.4, -0.2) is 24.1 Å². The Morgan fingerprint density at radius 1 is 1.56 bits per heavy atom. The Morgan fingerprint density at radius 3 is 2.69 bits per heavy atom. The van der Waals surface area contributed by atoms with E-state index in [1.165, 1.54) is 7.11 Å². The molecule has 16 heavy (non-hydrogen) atoms. The summed E-state index contributed by atoms with van der Waals surface area (Å²) < 4.78 is 4.68. The minimum atomic E-state index is -0.682. The summed E-state index contributed by atoms with van der Waals surface area (Å²) in [5.74, 6) is -0.402. The van der Waals surface area contributed by atoms with Gasteiger partial charge in [0.15, 0.2) is 0 Å². The molecule has 0 fully saturated rings. The Hall–Kier alpha value is -1.42. The number of nitrogens with two attached hydrogens (primary N) is 1. The first kappa shape index (κ1) is 12.6. The zero-order valence-corrected chi connectivity index (χ0v) is 10.2. The molecule has 0 aliphatic heterocycles. The lowest BCUT2D eigenvalue weighted by molar-refractivity contribution is -0.143. The molecule has 1 atom stereocenters. The first-order valence-corrected chi connectivity index (χ1v) is 5.15. The number of ether oxygens (including phenoxy) is 1. The van der Waals surface area contributed by atoms with Crippen LogP contribution in [0, 0.1) is 6.92 Å². The number of hydrogen-bond acceptors (Lipinski definition) is 4. The molecule has 0 bridgehead atoms. The molecule has 0 aromatic carbocycles. The van der Waals surface area contributed by atoms with Gasteiger partial charge in [0.05, 0.1) is 7.11 Å². The molecule has 1 aromatic rings. The summed E-state index contributed by atoms with van der Waals surface area (Å²) in [6.07, 6.45) is 3.47. The van der Waals surface area contributed by atoms with Crippen LogP contribution in [0.1, 0.15) is 25.0 Å². The van der Waals surface area contributed by atoms with Gasteiger partial charge in [0.1, 0.15) is 6.04 Å². The van der Waals surface area contributed by atoms with Crippen molar-refractivity contribution >= 4 is 5.97 Å². The number of carbonyl (C=O) groups excluding carboxylic acids is 1. The van der Waals surface area contributed by atoms with Crippen LogP contribution in [0.5, 0.6) is 0 Å². The number of esters is 1. The van der Waals surface area contributed by atoms with Crippen molar-refractivity contribution in [2.24, 2.45) is 5.73 Å². The highest BCUT2D eigenvalue weighted by atomic mass is 16.5. The van der Waals surface area contributed by atoms with Crippen molar-refractivity contribution in [3.63, 3.8) is 0 Å². The summed E-state index contributed by atoms with van der Waals surface area (Å²) in [6.45, 7) is 5.81. The molecule has 0 aliphatic rings. The SMILES string of the molecule is COC(=O)C(N)C(C)(C)c1ccncc1C. The Kier molecular flexibility index (Phi) is 3.65. The second kappa shape index (κ2) is 4.61. The minimum Gasteiger partial charge on any atom is -0.468 e. The molecule has 1 heterocycles. The number of carbonyl (C=O) groups is 1. The third kappa shape index (κ3) is 2.22. The Bertz CT molecular complexity index is 388. The van der Waals surface area contributed by atoms with Crippen LogP contribution >= 0.6 is 0 Å². The average molecular weight is 222 g/mol. The molecular weight excluding hydrogens is 204 g/mol. The molecule has 4 heteroatoms. The summed E-state index contributed by atoms with van der Waals surface area (Å²) in [6, 6.07) is 1.21. The van der Waals surface area contributed by atoms with Crippen LogP contribution in [0.15, 0.2) is 18.5 Å². The number of aromatic nitrogens is 1. The van der Waals surface area contributed by atoms with Gasteiger partial charge in [0, 0.05) is 17.8 Å². The van der Waals surface area contributed by atoms with Gasteiger partial charge in [-0.05, 0) is 24.1 Å². The average Bonchev–Trinajstić information content (AvgIpc) is 2.27. The van der Waals surface area contributed by atoms with Gasteiger partial charge in [-0.3, -0.25) is 9.78 Å². The lowest BCUT2D eigenvalue weighted by Crippen LogP contribution is -2.47. The van der Waals surface area contributed by atoms with E-state index in [0.29, 0.717) is 0 Å². The number of hydrogen-bond donors (Lipinski definition) is 1. The zero-order chi connectivity index (χ0) is 12.3. The van der Waals surface area contributed by atoms with E-state index in [4.69, 9.17) is 5.73 Å². The molecule has 88 valence electrons. The maximum absolute atomic E-state index is 11.5. The second-order valence-corrected chi connectivity index (χ2v) is 4.41. The van der Waals surface area contributed by atoms with Gasteiger partial charge in [0.2, 0.25) is 0 Å². The number of aryl methyl sites for hydroxylation is 1. The molecule has 1 aromatic heterocycles. The van der Waals surface area contributed by atoms with E-state index in [2.05, 4.69) is 9.72 Å². The lowest BCUT2D eigenvalue weighted by atomic mass is 9.77. The first-order valence-electron chi connectivity index (χ1n) is 5.15. The lowest BCUT2D eigenvalue weighted by Gasteiger charge is -2.31. The molecule has 0 saturated heterocycles. The van der Waals surface area contributed by atoms with Crippen molar-refractivity contribution in [3.05, 3.63) is 29.6 Å². The zero-order valence-electron chi connectivity index (χ0n) is 10.2. The predicted octanol–water partition coefficient (Wildman–Crippen LogP) is 1.17. The minimum absolute atomic E-state index is 0.402. The third-order valence-corrected chi connectivity index (χ3v) is 2.95.